The Morgan fingerprint density at radius 1 is 1.40 bits per heavy atom. The maximum atomic E-state index is 5.43. The van der Waals surface area contributed by atoms with Gasteiger partial charge in [0, 0.05) is 7.11 Å². The average molecular weight is 164 g/mol. The van der Waals surface area contributed by atoms with Crippen LogP contribution >= 0.6 is 8.58 Å². The summed E-state index contributed by atoms with van der Waals surface area (Å²) in [5.74, 6) is 0.347. The quantitative estimate of drug-likeness (QED) is 0.457. The van der Waals surface area contributed by atoms with Gasteiger partial charge in [0.05, 0.1) is 5.85 Å². The van der Waals surface area contributed by atoms with E-state index in [-0.39, 0.29) is 6.29 Å². The van der Waals surface area contributed by atoms with Gasteiger partial charge in [-0.1, -0.05) is 15.5 Å². The van der Waals surface area contributed by atoms with Crippen molar-refractivity contribution in [3.8, 4) is 0 Å². The van der Waals surface area contributed by atoms with Gasteiger partial charge in [0.2, 0.25) is 0 Å². The standard InChI is InChI=1S/C7H17O2P/c1-5-10-7(3)9-6(2)8-4/h6-7,10H,5H2,1-4H3. The highest BCUT2D eigenvalue weighted by molar-refractivity contribution is 7.38. The Kier molecular flexibility index (Phi) is 6.30. The summed E-state index contributed by atoms with van der Waals surface area (Å²) in [6.07, 6.45) is 1.13. The largest absolute Gasteiger partial charge is 0.356 e. The number of rotatable bonds is 5. The molecule has 0 aromatic heterocycles. The van der Waals surface area contributed by atoms with Gasteiger partial charge in [-0.05, 0) is 20.0 Å². The second-order valence-corrected chi connectivity index (χ2v) is 4.07. The molecule has 62 valence electrons. The van der Waals surface area contributed by atoms with Crippen molar-refractivity contribution in [2.45, 2.75) is 32.9 Å². The van der Waals surface area contributed by atoms with Crippen LogP contribution in [-0.4, -0.2) is 25.4 Å². The summed E-state index contributed by atoms with van der Waals surface area (Å²) < 4.78 is 10.4. The van der Waals surface area contributed by atoms with Crippen molar-refractivity contribution in [3.63, 3.8) is 0 Å². The molecule has 0 aromatic rings. The third kappa shape index (κ3) is 5.16. The molecule has 10 heavy (non-hydrogen) atoms. The molecule has 0 aliphatic heterocycles. The zero-order valence-corrected chi connectivity index (χ0v) is 8.18. The maximum absolute atomic E-state index is 5.43. The number of methoxy groups -OCH3 is 1. The molecule has 0 bridgehead atoms. The highest BCUT2D eigenvalue weighted by Gasteiger charge is 2.04. The van der Waals surface area contributed by atoms with Gasteiger partial charge in [-0.3, -0.25) is 0 Å². The predicted octanol–water partition coefficient (Wildman–Crippen LogP) is 2.04. The van der Waals surface area contributed by atoms with Crippen molar-refractivity contribution in [1.82, 2.24) is 0 Å². The molecule has 0 aliphatic carbocycles. The summed E-state index contributed by atoms with van der Waals surface area (Å²) >= 11 is 0. The summed E-state index contributed by atoms with van der Waals surface area (Å²) in [6, 6.07) is 0. The number of hydrogen-bond acceptors (Lipinski definition) is 2. The first-order valence-electron chi connectivity index (χ1n) is 3.62. The molecule has 0 aliphatic rings. The second kappa shape index (κ2) is 6.09. The van der Waals surface area contributed by atoms with Gasteiger partial charge in [-0.25, -0.2) is 0 Å². The van der Waals surface area contributed by atoms with Crippen LogP contribution in [0.3, 0.4) is 0 Å². The van der Waals surface area contributed by atoms with Crippen molar-refractivity contribution < 1.29 is 9.47 Å². The van der Waals surface area contributed by atoms with Crippen LogP contribution in [0.25, 0.3) is 0 Å². The summed E-state index contributed by atoms with van der Waals surface area (Å²) in [7, 11) is 2.54. The zero-order valence-electron chi connectivity index (χ0n) is 7.18. The second-order valence-electron chi connectivity index (χ2n) is 2.14. The van der Waals surface area contributed by atoms with Crippen LogP contribution in [-0.2, 0) is 9.47 Å². The van der Waals surface area contributed by atoms with E-state index in [2.05, 4.69) is 13.8 Å². The van der Waals surface area contributed by atoms with Crippen LogP contribution in [0.4, 0.5) is 0 Å². The van der Waals surface area contributed by atoms with Gasteiger partial charge in [-0.2, -0.15) is 0 Å². The topological polar surface area (TPSA) is 18.5 Å². The lowest BCUT2D eigenvalue weighted by atomic mass is 10.7. The van der Waals surface area contributed by atoms with Gasteiger partial charge in [0.1, 0.15) is 0 Å². The van der Waals surface area contributed by atoms with Crippen LogP contribution in [0, 0.1) is 0 Å². The van der Waals surface area contributed by atoms with Crippen molar-refractivity contribution in [2.24, 2.45) is 0 Å². The lowest BCUT2D eigenvalue weighted by Gasteiger charge is -2.16. The minimum Gasteiger partial charge on any atom is -0.356 e. The molecule has 0 radical (unpaired) electrons. The lowest BCUT2D eigenvalue weighted by Crippen LogP contribution is -2.15. The van der Waals surface area contributed by atoms with Crippen LogP contribution in [0.5, 0.6) is 0 Å². The van der Waals surface area contributed by atoms with E-state index in [9.17, 15) is 0 Å². The molecule has 0 heterocycles. The molecule has 3 unspecified atom stereocenters. The monoisotopic (exact) mass is 164 g/mol. The summed E-state index contributed by atoms with van der Waals surface area (Å²) in [4.78, 5) is 0. The fourth-order valence-corrected chi connectivity index (χ4v) is 1.54. The van der Waals surface area contributed by atoms with E-state index < -0.39 is 0 Å². The van der Waals surface area contributed by atoms with Gasteiger partial charge in [0.25, 0.3) is 0 Å². The third-order valence-corrected chi connectivity index (χ3v) is 2.34. The molecule has 3 heteroatoms. The minimum atomic E-state index is -0.0611. The SMILES string of the molecule is CCPC(C)OC(C)OC. The van der Waals surface area contributed by atoms with E-state index in [1.54, 1.807) is 7.11 Å². The molecular formula is C7H17O2P. The van der Waals surface area contributed by atoms with E-state index >= 15 is 0 Å². The summed E-state index contributed by atoms with van der Waals surface area (Å²) in [6.45, 7) is 6.16. The maximum Gasteiger partial charge on any atom is 0.155 e. The first-order chi connectivity index (χ1) is 4.70. The van der Waals surface area contributed by atoms with Gasteiger partial charge >= 0.3 is 0 Å². The van der Waals surface area contributed by atoms with Gasteiger partial charge in [-0.15, -0.1) is 0 Å². The minimum absolute atomic E-state index is 0.0611. The first-order valence-corrected chi connectivity index (χ1v) is 4.90. The normalized spacial score (nSPS) is 18.0. The first kappa shape index (κ1) is 10.3. The Bertz CT molecular complexity index is 78.0. The van der Waals surface area contributed by atoms with Crippen LogP contribution in [0.1, 0.15) is 20.8 Å². The molecular weight excluding hydrogens is 147 g/mol. The Hall–Kier alpha value is 0.350. The molecule has 0 spiro atoms. The van der Waals surface area contributed by atoms with Crippen molar-refractivity contribution >= 4 is 8.58 Å². The van der Waals surface area contributed by atoms with Crippen LogP contribution < -0.4 is 0 Å². The molecule has 0 saturated carbocycles. The van der Waals surface area contributed by atoms with Crippen molar-refractivity contribution in [2.75, 3.05) is 13.3 Å². The number of hydrogen-bond donors (Lipinski definition) is 0. The highest BCUT2D eigenvalue weighted by Crippen LogP contribution is 2.19. The smallest absolute Gasteiger partial charge is 0.155 e. The van der Waals surface area contributed by atoms with E-state index in [0.29, 0.717) is 5.85 Å². The van der Waals surface area contributed by atoms with Crippen molar-refractivity contribution in [1.29, 1.82) is 0 Å². The van der Waals surface area contributed by atoms with Gasteiger partial charge < -0.3 is 9.47 Å². The fourth-order valence-electron chi connectivity index (χ4n) is 0.679. The highest BCUT2D eigenvalue weighted by atomic mass is 31.1. The van der Waals surface area contributed by atoms with E-state index in [0.717, 1.165) is 8.58 Å². The average Bonchev–Trinajstić information content (AvgIpc) is 1.88. The van der Waals surface area contributed by atoms with Crippen molar-refractivity contribution in [3.05, 3.63) is 0 Å². The van der Waals surface area contributed by atoms with E-state index in [1.165, 1.54) is 6.16 Å². The number of ether oxygens (including phenoxy) is 2. The Balaban J connectivity index is 3.27. The molecule has 0 saturated heterocycles. The van der Waals surface area contributed by atoms with Crippen LogP contribution in [0.15, 0.2) is 0 Å². The van der Waals surface area contributed by atoms with Gasteiger partial charge in [0.15, 0.2) is 6.29 Å². The molecule has 0 amide bonds. The Labute approximate surface area is 65.1 Å². The van der Waals surface area contributed by atoms with E-state index in [4.69, 9.17) is 9.47 Å². The zero-order chi connectivity index (χ0) is 7.98. The molecule has 0 rings (SSSR count). The molecule has 2 nitrogen and oxygen atoms in total. The molecule has 3 atom stereocenters. The molecule has 0 N–H and O–H groups in total. The van der Waals surface area contributed by atoms with Crippen LogP contribution in [0.2, 0.25) is 0 Å². The molecule has 0 fully saturated rings. The predicted molar refractivity (Wildman–Crippen MR) is 45.9 cm³/mol. The fraction of sp³-hybridized carbons (Fsp3) is 1.00. The Morgan fingerprint density at radius 3 is 2.40 bits per heavy atom. The Morgan fingerprint density at radius 2 is 2.00 bits per heavy atom. The third-order valence-electron chi connectivity index (χ3n) is 1.22. The summed E-state index contributed by atoms with van der Waals surface area (Å²) in [5, 5.41) is 0. The van der Waals surface area contributed by atoms with E-state index in [1.807, 2.05) is 6.92 Å². The molecule has 0 aromatic carbocycles. The lowest BCUT2D eigenvalue weighted by molar-refractivity contribution is -0.117. The summed E-state index contributed by atoms with van der Waals surface area (Å²) in [5.41, 5.74) is 0.